The number of ether oxygens (including phenoxy) is 5. The minimum atomic E-state index is -0.188. The first kappa shape index (κ1) is 58.4. The van der Waals surface area contributed by atoms with E-state index >= 15 is 0 Å². The highest BCUT2D eigenvalue weighted by molar-refractivity contribution is 7.99. The van der Waals surface area contributed by atoms with Crippen LogP contribution in [-0.4, -0.2) is 179 Å². The Balaban J connectivity index is 0.00000114. The minimum Gasteiger partial charge on any atom is -0.380 e. The summed E-state index contributed by atoms with van der Waals surface area (Å²) in [5, 5.41) is 23.8. The summed E-state index contributed by atoms with van der Waals surface area (Å²) in [6.07, 6.45) is 7.83. The predicted octanol–water partition coefficient (Wildman–Crippen LogP) is 3.26. The molecule has 1 aromatic heterocycles. The van der Waals surface area contributed by atoms with Crippen molar-refractivity contribution in [2.75, 3.05) is 117 Å². The second-order valence-electron chi connectivity index (χ2n) is 18.2. The third-order valence-electron chi connectivity index (χ3n) is 10.9. The van der Waals surface area contributed by atoms with E-state index in [2.05, 4.69) is 84.1 Å². The van der Waals surface area contributed by atoms with Gasteiger partial charge < -0.3 is 55.2 Å². The van der Waals surface area contributed by atoms with Gasteiger partial charge in [-0.1, -0.05) is 46.3 Å². The van der Waals surface area contributed by atoms with Gasteiger partial charge in [0.15, 0.2) is 0 Å². The average Bonchev–Trinajstić information content (AvgIpc) is 3.96. The summed E-state index contributed by atoms with van der Waals surface area (Å²) < 4.78 is 30.5. The summed E-state index contributed by atoms with van der Waals surface area (Å²) in [7, 11) is 3.62. The number of carbonyl (C=O) groups excluding carboxylic acids is 4. The maximum atomic E-state index is 13.3. The molecule has 0 aromatic carbocycles. The lowest BCUT2D eigenvalue weighted by molar-refractivity contribution is -0.133. The number of hydrogen-bond donors (Lipinski definition) is 6. The zero-order valence-corrected chi connectivity index (χ0v) is 42.6. The zero-order valence-electron chi connectivity index (χ0n) is 40.9. The number of amides is 5. The smallest absolute Gasteiger partial charge is 0.315 e. The normalized spacial score (nSPS) is 18.1. The molecule has 3 aliphatic rings. The lowest BCUT2D eigenvalue weighted by Gasteiger charge is -2.31. The molecular formula is C45H85N9O9S2. The van der Waals surface area contributed by atoms with E-state index in [1.807, 2.05) is 28.4 Å². The van der Waals surface area contributed by atoms with Crippen molar-refractivity contribution in [3.63, 3.8) is 0 Å². The number of nitrogens with zero attached hydrogens (tertiary/aromatic N) is 4. The number of carbonyl (C=O) groups is 4. The maximum Gasteiger partial charge on any atom is 0.315 e. The van der Waals surface area contributed by atoms with Crippen LogP contribution in [0.1, 0.15) is 97.4 Å². The van der Waals surface area contributed by atoms with Crippen LogP contribution < -0.4 is 26.6 Å². The Morgan fingerprint density at radius 1 is 0.815 bits per heavy atom. The fraction of sp³-hybridized carbons (Fsp3) is 0.867. The highest BCUT2D eigenvalue weighted by atomic mass is 32.2. The van der Waals surface area contributed by atoms with Crippen molar-refractivity contribution < 1.29 is 42.9 Å². The number of unbranched alkanes of at least 4 members (excludes halogenated alkanes) is 1. The van der Waals surface area contributed by atoms with E-state index in [4.69, 9.17) is 23.7 Å². The van der Waals surface area contributed by atoms with Crippen LogP contribution in [0.5, 0.6) is 0 Å². The molecule has 0 bridgehead atoms. The van der Waals surface area contributed by atoms with Gasteiger partial charge >= 0.3 is 6.03 Å². The Hall–Kier alpha value is -2.72. The third-order valence-corrected chi connectivity index (χ3v) is 12.1. The van der Waals surface area contributed by atoms with Gasteiger partial charge in [0.1, 0.15) is 0 Å². The Bertz CT molecular complexity index is 1480. The van der Waals surface area contributed by atoms with Crippen LogP contribution in [-0.2, 0) is 57.5 Å². The second kappa shape index (κ2) is 33.7. The molecule has 2 fully saturated rings. The van der Waals surface area contributed by atoms with Gasteiger partial charge in [-0.3, -0.25) is 14.4 Å². The Morgan fingerprint density at radius 2 is 1.38 bits per heavy atom. The molecular weight excluding hydrogens is 875 g/mol. The molecule has 4 rings (SSSR count). The first-order valence-corrected chi connectivity index (χ1v) is 25.6. The monoisotopic (exact) mass is 960 g/mol. The molecule has 65 heavy (non-hydrogen) atoms. The quantitative estimate of drug-likeness (QED) is 0.0373. The predicted molar refractivity (Wildman–Crippen MR) is 260 cm³/mol. The van der Waals surface area contributed by atoms with E-state index in [0.717, 1.165) is 48.7 Å². The molecule has 0 aliphatic carbocycles. The SMILES string of the molecule is CCCCC(=O)NCCCOCCOCCOCCCNC(=O)CCCC(=O)N1CCc2c(nnn2CC(C)(C)COCC(C)(C)CNC)CC(OC)C1.CS.O=C1NC2CSCC2N1. The molecule has 4 heterocycles. The molecule has 0 saturated carbocycles. The summed E-state index contributed by atoms with van der Waals surface area (Å²) in [4.78, 5) is 49.7. The first-order valence-electron chi connectivity index (χ1n) is 23.6. The number of nitrogens with one attached hydrogen (secondary N) is 5. The standard InChI is InChI=1S/C39H73N7O8.C5H8N2OS.CH4S/c1-8-9-13-35(47)41-17-11-20-51-22-24-53-25-23-52-21-12-18-42-36(48)14-10-15-37(49)45-19-16-34-33(26-32(27-45)50-7)43-44-46(34)29-39(4,5)31-54-30-38(2,3)28-40-6;8-5-6-3-1-9-2-4(3)7-5;1-2/h32,40H,8-31H2,1-7H3,(H,41,47)(H,42,48);3-4H,1-2H2,(H2,6,7,8);2H,1H3. The number of thiol groups is 1. The van der Waals surface area contributed by atoms with Crippen LogP contribution >= 0.6 is 24.4 Å². The molecule has 5 N–H and O–H groups in total. The fourth-order valence-corrected chi connectivity index (χ4v) is 8.67. The van der Waals surface area contributed by atoms with Crippen LogP contribution in [0.4, 0.5) is 4.79 Å². The van der Waals surface area contributed by atoms with Gasteiger partial charge in [0.25, 0.3) is 0 Å². The maximum absolute atomic E-state index is 13.3. The van der Waals surface area contributed by atoms with Crippen molar-refractivity contribution in [1.82, 2.24) is 46.5 Å². The molecule has 0 radical (unpaired) electrons. The van der Waals surface area contributed by atoms with Crippen molar-refractivity contribution in [1.29, 1.82) is 0 Å². The molecule has 376 valence electrons. The molecule has 18 nitrogen and oxygen atoms in total. The molecule has 3 unspecified atom stereocenters. The van der Waals surface area contributed by atoms with E-state index in [-0.39, 0.29) is 40.7 Å². The number of methoxy groups -OCH3 is 1. The lowest BCUT2D eigenvalue weighted by Crippen LogP contribution is -2.42. The van der Waals surface area contributed by atoms with E-state index < -0.39 is 0 Å². The molecule has 2 saturated heterocycles. The number of urea groups is 1. The number of thioether (sulfide) groups is 1. The molecule has 5 amide bonds. The number of aromatic nitrogens is 3. The summed E-state index contributed by atoms with van der Waals surface area (Å²) in [6.45, 7) is 18.8. The molecule has 0 spiro atoms. The van der Waals surface area contributed by atoms with Gasteiger partial charge in [-0.15, -0.1) is 5.10 Å². The minimum absolute atomic E-state index is 0.00491. The van der Waals surface area contributed by atoms with Crippen LogP contribution in [0.25, 0.3) is 0 Å². The lowest BCUT2D eigenvalue weighted by atomic mass is 9.93. The van der Waals surface area contributed by atoms with Gasteiger partial charge in [0.2, 0.25) is 17.7 Å². The summed E-state index contributed by atoms with van der Waals surface area (Å²) in [6, 6.07) is 0.815. The van der Waals surface area contributed by atoms with E-state index in [1.54, 1.807) is 13.4 Å². The zero-order chi connectivity index (χ0) is 47.9. The van der Waals surface area contributed by atoms with Crippen LogP contribution in [0, 0.1) is 10.8 Å². The van der Waals surface area contributed by atoms with Crippen LogP contribution in [0.2, 0.25) is 0 Å². The van der Waals surface area contributed by atoms with Crippen LogP contribution in [0.15, 0.2) is 0 Å². The highest BCUT2D eigenvalue weighted by Crippen LogP contribution is 2.25. The number of rotatable bonds is 30. The van der Waals surface area contributed by atoms with E-state index in [1.165, 1.54) is 0 Å². The van der Waals surface area contributed by atoms with E-state index in [9.17, 15) is 19.2 Å². The summed E-state index contributed by atoms with van der Waals surface area (Å²) in [5.41, 5.74) is 1.84. The first-order chi connectivity index (χ1) is 31.3. The van der Waals surface area contributed by atoms with Gasteiger partial charge in [0, 0.05) is 107 Å². The van der Waals surface area contributed by atoms with Crippen LogP contribution in [0.3, 0.4) is 0 Å². The summed E-state index contributed by atoms with van der Waals surface area (Å²) in [5.74, 6) is 2.21. The second-order valence-corrected chi connectivity index (χ2v) is 19.3. The highest BCUT2D eigenvalue weighted by Gasteiger charge is 2.35. The topological polar surface area (TPSA) is 209 Å². The van der Waals surface area contributed by atoms with E-state index in [0.29, 0.717) is 143 Å². The van der Waals surface area contributed by atoms with Crippen molar-refractivity contribution in [2.45, 2.75) is 124 Å². The largest absolute Gasteiger partial charge is 0.380 e. The average molecular weight is 960 g/mol. The third kappa shape index (κ3) is 25.3. The van der Waals surface area contributed by atoms with Gasteiger partial charge in [-0.05, 0) is 39.0 Å². The summed E-state index contributed by atoms with van der Waals surface area (Å²) >= 11 is 5.42. The van der Waals surface area contributed by atoms with Gasteiger partial charge in [0.05, 0.1) is 75.8 Å². The van der Waals surface area contributed by atoms with Crippen molar-refractivity contribution in [3.8, 4) is 0 Å². The molecule has 3 aliphatic heterocycles. The van der Waals surface area contributed by atoms with Gasteiger partial charge in [-0.25, -0.2) is 9.48 Å². The van der Waals surface area contributed by atoms with Crippen molar-refractivity contribution in [2.24, 2.45) is 10.8 Å². The van der Waals surface area contributed by atoms with Gasteiger partial charge in [-0.2, -0.15) is 24.4 Å². The van der Waals surface area contributed by atoms with Crippen molar-refractivity contribution >= 4 is 48.1 Å². The fourth-order valence-electron chi connectivity index (χ4n) is 7.39. The number of hydrogen-bond acceptors (Lipinski definition) is 14. The van der Waals surface area contributed by atoms with Crippen molar-refractivity contribution in [3.05, 3.63) is 11.4 Å². The molecule has 20 heteroatoms. The molecule has 1 aromatic rings. The number of fused-ring (bicyclic) bond motifs is 2. The Kier molecular flexibility index (Phi) is 30.3. The Morgan fingerprint density at radius 3 is 1.95 bits per heavy atom. The Labute approximate surface area is 399 Å². The molecule has 3 atom stereocenters.